The molecule has 0 heterocycles. The fourth-order valence-corrected chi connectivity index (χ4v) is 1.60. The van der Waals surface area contributed by atoms with E-state index < -0.39 is 0 Å². The lowest BCUT2D eigenvalue weighted by molar-refractivity contribution is -0.129. The normalized spacial score (nSPS) is 9.81. The van der Waals surface area contributed by atoms with Crippen LogP contribution in [-0.2, 0) is 11.2 Å². The maximum absolute atomic E-state index is 11.9. The number of likely N-dealkylation sites (N-methyl/N-ethyl adjacent to an activating group) is 1. The van der Waals surface area contributed by atoms with Gasteiger partial charge in [0.2, 0.25) is 5.91 Å². The predicted octanol–water partition coefficient (Wildman–Crippen LogP) is 1.36. The molecule has 4 heteroatoms. The Morgan fingerprint density at radius 3 is 2.50 bits per heavy atom. The van der Waals surface area contributed by atoms with Gasteiger partial charge in [-0.25, -0.2) is 0 Å². The number of amides is 1. The molecule has 0 spiro atoms. The third-order valence-electron chi connectivity index (χ3n) is 2.28. The summed E-state index contributed by atoms with van der Waals surface area (Å²) >= 11 is 4.81. The van der Waals surface area contributed by atoms with Crippen LogP contribution >= 0.6 is 12.2 Å². The Hall–Kier alpha value is -1.42. The van der Waals surface area contributed by atoms with Crippen molar-refractivity contribution >= 4 is 23.1 Å². The van der Waals surface area contributed by atoms with Gasteiger partial charge in [0, 0.05) is 6.54 Å². The SMILES string of the molecule is CCN(CC(N)=S)C(=O)Cc1ccccc1. The lowest BCUT2D eigenvalue weighted by Gasteiger charge is -2.20. The molecule has 0 aromatic heterocycles. The molecule has 2 N–H and O–H groups in total. The van der Waals surface area contributed by atoms with Gasteiger partial charge in [-0.15, -0.1) is 0 Å². The first-order valence-electron chi connectivity index (χ1n) is 5.23. The Labute approximate surface area is 101 Å². The van der Waals surface area contributed by atoms with Gasteiger partial charge in [0.15, 0.2) is 0 Å². The van der Waals surface area contributed by atoms with E-state index in [2.05, 4.69) is 0 Å². The molecule has 0 saturated heterocycles. The van der Waals surface area contributed by atoms with E-state index >= 15 is 0 Å². The molecule has 1 aromatic carbocycles. The number of benzene rings is 1. The van der Waals surface area contributed by atoms with Crippen molar-refractivity contribution in [1.82, 2.24) is 4.90 Å². The first-order chi connectivity index (χ1) is 7.63. The van der Waals surface area contributed by atoms with Gasteiger partial charge in [-0.2, -0.15) is 0 Å². The van der Waals surface area contributed by atoms with Crippen LogP contribution in [0.3, 0.4) is 0 Å². The third kappa shape index (κ3) is 3.98. The molecule has 0 aliphatic carbocycles. The first kappa shape index (κ1) is 12.6. The number of carbonyl (C=O) groups is 1. The average molecular weight is 236 g/mol. The molecule has 1 amide bonds. The number of rotatable bonds is 5. The summed E-state index contributed by atoms with van der Waals surface area (Å²) in [6, 6.07) is 9.65. The highest BCUT2D eigenvalue weighted by atomic mass is 32.1. The fraction of sp³-hybridized carbons (Fsp3) is 0.333. The average Bonchev–Trinajstić information content (AvgIpc) is 2.26. The molecule has 1 aromatic rings. The maximum Gasteiger partial charge on any atom is 0.227 e. The van der Waals surface area contributed by atoms with Crippen LogP contribution < -0.4 is 5.73 Å². The minimum atomic E-state index is 0.0569. The highest BCUT2D eigenvalue weighted by Crippen LogP contribution is 2.02. The van der Waals surface area contributed by atoms with Crippen LogP contribution in [0.4, 0.5) is 0 Å². The van der Waals surface area contributed by atoms with Crippen molar-refractivity contribution in [2.24, 2.45) is 5.73 Å². The summed E-state index contributed by atoms with van der Waals surface area (Å²) in [5.41, 5.74) is 6.45. The van der Waals surface area contributed by atoms with Gasteiger partial charge in [0.05, 0.1) is 18.0 Å². The summed E-state index contributed by atoms with van der Waals surface area (Å²) in [4.78, 5) is 13.9. The second-order valence-corrected chi connectivity index (χ2v) is 4.06. The van der Waals surface area contributed by atoms with Crippen molar-refractivity contribution in [2.75, 3.05) is 13.1 Å². The van der Waals surface area contributed by atoms with Gasteiger partial charge in [-0.3, -0.25) is 4.79 Å². The second kappa shape index (κ2) is 6.23. The number of nitrogens with zero attached hydrogens (tertiary/aromatic N) is 1. The van der Waals surface area contributed by atoms with Gasteiger partial charge in [-0.05, 0) is 12.5 Å². The molecule has 0 atom stereocenters. The molecule has 86 valence electrons. The molecule has 3 nitrogen and oxygen atoms in total. The Kier molecular flexibility index (Phi) is 4.92. The molecule has 0 aliphatic rings. The molecule has 0 saturated carbocycles. The van der Waals surface area contributed by atoms with E-state index in [0.717, 1.165) is 5.56 Å². The van der Waals surface area contributed by atoms with Gasteiger partial charge < -0.3 is 10.6 Å². The second-order valence-electron chi connectivity index (χ2n) is 3.54. The van der Waals surface area contributed by atoms with Crippen LogP contribution in [0, 0.1) is 0 Å². The topological polar surface area (TPSA) is 46.3 Å². The van der Waals surface area contributed by atoms with Crippen LogP contribution in [0.5, 0.6) is 0 Å². The van der Waals surface area contributed by atoms with Crippen LogP contribution in [0.1, 0.15) is 12.5 Å². The van der Waals surface area contributed by atoms with E-state index in [1.807, 2.05) is 37.3 Å². The number of hydrogen-bond donors (Lipinski definition) is 1. The lowest BCUT2D eigenvalue weighted by atomic mass is 10.1. The number of nitrogens with two attached hydrogens (primary N) is 1. The van der Waals surface area contributed by atoms with Crippen molar-refractivity contribution in [1.29, 1.82) is 0 Å². The van der Waals surface area contributed by atoms with Gasteiger partial charge in [0.1, 0.15) is 0 Å². The molecule has 0 radical (unpaired) electrons. The summed E-state index contributed by atoms with van der Waals surface area (Å²) in [5.74, 6) is 0.0569. The van der Waals surface area contributed by atoms with E-state index in [4.69, 9.17) is 18.0 Å². The van der Waals surface area contributed by atoms with E-state index in [-0.39, 0.29) is 5.91 Å². The molecule has 0 unspecified atom stereocenters. The summed E-state index contributed by atoms with van der Waals surface area (Å²) in [6.07, 6.45) is 0.400. The van der Waals surface area contributed by atoms with E-state index in [0.29, 0.717) is 24.5 Å². The first-order valence-corrected chi connectivity index (χ1v) is 5.64. The van der Waals surface area contributed by atoms with Gasteiger partial charge in [-0.1, -0.05) is 42.5 Å². The van der Waals surface area contributed by atoms with Crippen molar-refractivity contribution in [2.45, 2.75) is 13.3 Å². The molecule has 0 bridgehead atoms. The highest BCUT2D eigenvalue weighted by Gasteiger charge is 2.12. The minimum Gasteiger partial charge on any atom is -0.392 e. The largest absolute Gasteiger partial charge is 0.392 e. The summed E-state index contributed by atoms with van der Waals surface area (Å²) < 4.78 is 0. The van der Waals surface area contributed by atoms with Crippen molar-refractivity contribution in [3.8, 4) is 0 Å². The zero-order valence-electron chi connectivity index (χ0n) is 9.35. The standard InChI is InChI=1S/C12H16N2OS/c1-2-14(9-11(13)16)12(15)8-10-6-4-3-5-7-10/h3-7H,2,8-9H2,1H3,(H2,13,16). The monoisotopic (exact) mass is 236 g/mol. The smallest absolute Gasteiger partial charge is 0.227 e. The van der Waals surface area contributed by atoms with Crippen LogP contribution in [0.2, 0.25) is 0 Å². The van der Waals surface area contributed by atoms with E-state index in [9.17, 15) is 4.79 Å². The van der Waals surface area contributed by atoms with Crippen molar-refractivity contribution < 1.29 is 4.79 Å². The molecule has 16 heavy (non-hydrogen) atoms. The Bertz CT molecular complexity index is 365. The van der Waals surface area contributed by atoms with Crippen LogP contribution in [0.15, 0.2) is 30.3 Å². The maximum atomic E-state index is 11.9. The Morgan fingerprint density at radius 2 is 2.00 bits per heavy atom. The highest BCUT2D eigenvalue weighted by molar-refractivity contribution is 7.80. The zero-order chi connectivity index (χ0) is 12.0. The molecular formula is C12H16N2OS. The molecular weight excluding hydrogens is 220 g/mol. The van der Waals surface area contributed by atoms with E-state index in [1.54, 1.807) is 4.90 Å². The third-order valence-corrected chi connectivity index (χ3v) is 2.41. The Morgan fingerprint density at radius 1 is 1.38 bits per heavy atom. The van der Waals surface area contributed by atoms with Crippen LogP contribution in [-0.4, -0.2) is 28.9 Å². The number of thiocarbonyl (C=S) groups is 1. The summed E-state index contributed by atoms with van der Waals surface area (Å²) in [7, 11) is 0. The minimum absolute atomic E-state index is 0.0569. The molecule has 0 fully saturated rings. The molecule has 1 rings (SSSR count). The van der Waals surface area contributed by atoms with Crippen molar-refractivity contribution in [3.63, 3.8) is 0 Å². The lowest BCUT2D eigenvalue weighted by Crippen LogP contribution is -2.38. The summed E-state index contributed by atoms with van der Waals surface area (Å²) in [5, 5.41) is 0. The summed E-state index contributed by atoms with van der Waals surface area (Å²) in [6.45, 7) is 2.90. The Balaban J connectivity index is 2.59. The van der Waals surface area contributed by atoms with Crippen LogP contribution in [0.25, 0.3) is 0 Å². The van der Waals surface area contributed by atoms with E-state index in [1.165, 1.54) is 0 Å². The van der Waals surface area contributed by atoms with Crippen molar-refractivity contribution in [3.05, 3.63) is 35.9 Å². The number of hydrogen-bond acceptors (Lipinski definition) is 2. The fourth-order valence-electron chi connectivity index (χ4n) is 1.45. The predicted molar refractivity (Wildman–Crippen MR) is 69.2 cm³/mol. The van der Waals surface area contributed by atoms with Gasteiger partial charge in [0.25, 0.3) is 0 Å². The number of carbonyl (C=O) groups excluding carboxylic acids is 1. The molecule has 0 aliphatic heterocycles. The van der Waals surface area contributed by atoms with Gasteiger partial charge >= 0.3 is 0 Å². The quantitative estimate of drug-likeness (QED) is 0.785. The zero-order valence-corrected chi connectivity index (χ0v) is 10.2.